The summed E-state index contributed by atoms with van der Waals surface area (Å²) in [5, 5.41) is 2.66. The number of nitrogens with one attached hydrogen (secondary N) is 1. The van der Waals surface area contributed by atoms with Gasteiger partial charge in [0.15, 0.2) is 0 Å². The highest BCUT2D eigenvalue weighted by molar-refractivity contribution is 5.96. The molecule has 5 nitrogen and oxygen atoms in total. The first-order valence-corrected chi connectivity index (χ1v) is 5.92. The van der Waals surface area contributed by atoms with Gasteiger partial charge in [-0.15, -0.1) is 0 Å². The highest BCUT2D eigenvalue weighted by Gasteiger charge is 2.12. The fourth-order valence-corrected chi connectivity index (χ4v) is 1.36. The molecule has 1 aromatic rings. The second-order valence-electron chi connectivity index (χ2n) is 3.81. The maximum Gasteiger partial charge on any atom is 0.338 e. The van der Waals surface area contributed by atoms with Crippen LogP contribution in [-0.2, 0) is 9.53 Å². The molecule has 0 aliphatic heterocycles. The number of benzene rings is 1. The van der Waals surface area contributed by atoms with Gasteiger partial charge < -0.3 is 15.8 Å². The Morgan fingerprint density at radius 3 is 2.72 bits per heavy atom. The Kier molecular flexibility index (Phi) is 5.32. The molecule has 0 radical (unpaired) electrons. The molecule has 1 atom stereocenters. The van der Waals surface area contributed by atoms with E-state index in [0.29, 0.717) is 24.3 Å². The molecule has 0 spiro atoms. The number of nitrogens with two attached hydrogens (primary N) is 1. The van der Waals surface area contributed by atoms with Crippen LogP contribution in [0.2, 0.25) is 0 Å². The fourth-order valence-electron chi connectivity index (χ4n) is 1.36. The Balaban J connectivity index is 2.76. The first kappa shape index (κ1) is 14.2. The number of carbonyl (C=O) groups excluding carboxylic acids is 2. The monoisotopic (exact) mass is 250 g/mol. The van der Waals surface area contributed by atoms with E-state index in [1.165, 1.54) is 0 Å². The predicted octanol–water partition coefficient (Wildman–Crippen LogP) is 1.54. The summed E-state index contributed by atoms with van der Waals surface area (Å²) >= 11 is 0. The van der Waals surface area contributed by atoms with Gasteiger partial charge in [0, 0.05) is 5.69 Å². The normalized spacial score (nSPS) is 11.7. The topological polar surface area (TPSA) is 81.4 Å². The van der Waals surface area contributed by atoms with E-state index in [0.717, 1.165) is 0 Å². The van der Waals surface area contributed by atoms with Crippen LogP contribution in [-0.4, -0.2) is 24.5 Å². The second kappa shape index (κ2) is 6.76. The number of rotatable bonds is 5. The fraction of sp³-hybridized carbons (Fsp3) is 0.385. The largest absolute Gasteiger partial charge is 0.462 e. The SMILES string of the molecule is CCOC(=O)c1cccc(NC(=O)[C@H](N)CC)c1. The summed E-state index contributed by atoms with van der Waals surface area (Å²) in [6, 6.07) is 6.03. The standard InChI is InChI=1S/C13H18N2O3/c1-3-11(14)12(16)15-10-7-5-6-9(8-10)13(17)18-4-2/h5-8,11H,3-4,14H2,1-2H3,(H,15,16)/t11-/m1/s1. The molecule has 0 unspecified atom stereocenters. The van der Waals surface area contributed by atoms with E-state index in [9.17, 15) is 9.59 Å². The molecule has 0 fully saturated rings. The quantitative estimate of drug-likeness (QED) is 0.777. The van der Waals surface area contributed by atoms with Crippen LogP contribution in [0.1, 0.15) is 30.6 Å². The van der Waals surface area contributed by atoms with Gasteiger partial charge in [-0.1, -0.05) is 13.0 Å². The minimum Gasteiger partial charge on any atom is -0.462 e. The summed E-state index contributed by atoms with van der Waals surface area (Å²) in [5.74, 6) is -0.674. The molecule has 0 aromatic heterocycles. The van der Waals surface area contributed by atoms with E-state index >= 15 is 0 Å². The first-order chi connectivity index (χ1) is 8.58. The highest BCUT2D eigenvalue weighted by atomic mass is 16.5. The van der Waals surface area contributed by atoms with Crippen molar-refractivity contribution in [2.24, 2.45) is 5.73 Å². The summed E-state index contributed by atoms with van der Waals surface area (Å²) in [4.78, 5) is 23.1. The second-order valence-corrected chi connectivity index (χ2v) is 3.81. The smallest absolute Gasteiger partial charge is 0.338 e. The predicted molar refractivity (Wildman–Crippen MR) is 69.3 cm³/mol. The van der Waals surface area contributed by atoms with Gasteiger partial charge in [0.2, 0.25) is 5.91 Å². The third kappa shape index (κ3) is 3.85. The number of anilines is 1. The molecule has 1 amide bonds. The summed E-state index contributed by atoms with van der Waals surface area (Å²) < 4.78 is 4.88. The van der Waals surface area contributed by atoms with Crippen molar-refractivity contribution in [3.05, 3.63) is 29.8 Å². The summed E-state index contributed by atoms with van der Waals surface area (Å²) in [7, 11) is 0. The third-order valence-electron chi connectivity index (χ3n) is 2.42. The number of ether oxygens (including phenoxy) is 1. The molecule has 0 aliphatic carbocycles. The number of hydrogen-bond donors (Lipinski definition) is 2. The highest BCUT2D eigenvalue weighted by Crippen LogP contribution is 2.12. The summed E-state index contributed by atoms with van der Waals surface area (Å²) in [6.07, 6.45) is 0.559. The lowest BCUT2D eigenvalue weighted by molar-refractivity contribution is -0.117. The van der Waals surface area contributed by atoms with E-state index < -0.39 is 12.0 Å². The van der Waals surface area contributed by atoms with Gasteiger partial charge in [-0.3, -0.25) is 4.79 Å². The summed E-state index contributed by atoms with van der Waals surface area (Å²) in [6.45, 7) is 3.89. The molecule has 98 valence electrons. The zero-order chi connectivity index (χ0) is 13.5. The van der Waals surface area contributed by atoms with Crippen molar-refractivity contribution in [3.63, 3.8) is 0 Å². The van der Waals surface area contributed by atoms with Crippen LogP contribution in [0.3, 0.4) is 0 Å². The van der Waals surface area contributed by atoms with Crippen LogP contribution in [0.5, 0.6) is 0 Å². The zero-order valence-corrected chi connectivity index (χ0v) is 10.6. The zero-order valence-electron chi connectivity index (χ0n) is 10.6. The van der Waals surface area contributed by atoms with Crippen LogP contribution in [0.25, 0.3) is 0 Å². The molecule has 0 saturated heterocycles. The van der Waals surface area contributed by atoms with Gasteiger partial charge in [-0.25, -0.2) is 4.79 Å². The van der Waals surface area contributed by atoms with E-state index in [4.69, 9.17) is 10.5 Å². The van der Waals surface area contributed by atoms with Crippen LogP contribution in [0.15, 0.2) is 24.3 Å². The maximum atomic E-state index is 11.6. The van der Waals surface area contributed by atoms with E-state index in [2.05, 4.69) is 5.32 Å². The first-order valence-electron chi connectivity index (χ1n) is 5.92. The Labute approximate surface area is 106 Å². The molecule has 0 aliphatic rings. The van der Waals surface area contributed by atoms with Gasteiger partial charge in [-0.05, 0) is 31.5 Å². The van der Waals surface area contributed by atoms with Gasteiger partial charge in [0.25, 0.3) is 0 Å². The van der Waals surface area contributed by atoms with Crippen molar-refractivity contribution < 1.29 is 14.3 Å². The lowest BCUT2D eigenvalue weighted by atomic mass is 10.2. The average Bonchev–Trinajstić information content (AvgIpc) is 2.38. The Morgan fingerprint density at radius 2 is 2.11 bits per heavy atom. The van der Waals surface area contributed by atoms with Gasteiger partial charge >= 0.3 is 5.97 Å². The maximum absolute atomic E-state index is 11.6. The Morgan fingerprint density at radius 1 is 1.39 bits per heavy atom. The van der Waals surface area contributed by atoms with Crippen LogP contribution in [0, 0.1) is 0 Å². The van der Waals surface area contributed by atoms with Crippen molar-refractivity contribution in [2.45, 2.75) is 26.3 Å². The molecule has 0 heterocycles. The number of esters is 1. The third-order valence-corrected chi connectivity index (χ3v) is 2.42. The molecule has 18 heavy (non-hydrogen) atoms. The van der Waals surface area contributed by atoms with Crippen molar-refractivity contribution >= 4 is 17.6 Å². The van der Waals surface area contributed by atoms with Crippen molar-refractivity contribution in [3.8, 4) is 0 Å². The van der Waals surface area contributed by atoms with Crippen LogP contribution >= 0.6 is 0 Å². The van der Waals surface area contributed by atoms with Crippen molar-refractivity contribution in [2.75, 3.05) is 11.9 Å². The van der Waals surface area contributed by atoms with Gasteiger partial charge in [0.05, 0.1) is 18.2 Å². The molecular weight excluding hydrogens is 232 g/mol. The molecule has 3 N–H and O–H groups in total. The minimum absolute atomic E-state index is 0.265. The van der Waals surface area contributed by atoms with Crippen molar-refractivity contribution in [1.82, 2.24) is 0 Å². The molecule has 5 heteroatoms. The lowest BCUT2D eigenvalue weighted by Crippen LogP contribution is -2.34. The molecule has 0 saturated carbocycles. The van der Waals surface area contributed by atoms with Crippen molar-refractivity contribution in [1.29, 1.82) is 0 Å². The molecular formula is C13H18N2O3. The lowest BCUT2D eigenvalue weighted by Gasteiger charge is -2.10. The van der Waals surface area contributed by atoms with Crippen LogP contribution in [0.4, 0.5) is 5.69 Å². The summed E-state index contributed by atoms with van der Waals surface area (Å²) in [5.41, 5.74) is 6.55. The Bertz CT molecular complexity index is 432. The minimum atomic E-state index is -0.545. The molecule has 0 bridgehead atoms. The molecule has 1 rings (SSSR count). The number of carbonyl (C=O) groups is 2. The average molecular weight is 250 g/mol. The van der Waals surface area contributed by atoms with Gasteiger partial charge in [0.1, 0.15) is 0 Å². The van der Waals surface area contributed by atoms with E-state index in [1.807, 2.05) is 6.92 Å². The van der Waals surface area contributed by atoms with Gasteiger partial charge in [-0.2, -0.15) is 0 Å². The number of hydrogen-bond acceptors (Lipinski definition) is 4. The Hall–Kier alpha value is -1.88. The van der Waals surface area contributed by atoms with E-state index in [-0.39, 0.29) is 5.91 Å². The van der Waals surface area contributed by atoms with E-state index in [1.54, 1.807) is 31.2 Å². The van der Waals surface area contributed by atoms with Crippen LogP contribution < -0.4 is 11.1 Å². The number of amides is 1. The molecule has 1 aromatic carbocycles.